The van der Waals surface area contributed by atoms with Gasteiger partial charge < -0.3 is 0 Å². The molecule has 1 unspecified atom stereocenters. The van der Waals surface area contributed by atoms with Crippen LogP contribution in [0.1, 0.15) is 26.0 Å². The molecule has 1 rings (SSSR count). The van der Waals surface area contributed by atoms with Crippen molar-refractivity contribution >= 4 is 0 Å². The molecule has 0 aliphatic heterocycles. The molecule has 0 saturated heterocycles. The van der Waals surface area contributed by atoms with E-state index in [2.05, 4.69) is 30.7 Å². The molecule has 1 heterocycles. The Bertz CT molecular complexity index is 279. The summed E-state index contributed by atoms with van der Waals surface area (Å²) in [4.78, 5) is 4.11. The van der Waals surface area contributed by atoms with Crippen molar-refractivity contribution in [2.45, 2.75) is 20.3 Å². The van der Waals surface area contributed by atoms with Gasteiger partial charge in [-0.15, -0.1) is 0 Å². The van der Waals surface area contributed by atoms with Crippen LogP contribution in [0.3, 0.4) is 0 Å². The van der Waals surface area contributed by atoms with Gasteiger partial charge in [-0.25, -0.2) is 4.98 Å². The summed E-state index contributed by atoms with van der Waals surface area (Å²) in [6.07, 6.45) is 2.86. The normalized spacial score (nSPS) is 11.5. The molecule has 0 spiro atoms. The zero-order chi connectivity index (χ0) is 8.81. The average molecular weight is 159 g/mol. The Morgan fingerprint density at radius 2 is 2.33 bits per heavy atom. The Kier molecular flexibility index (Phi) is 3.35. The molecule has 1 aromatic heterocycles. The smallest absolute Gasteiger partial charge is 0.113 e. The molecule has 0 amide bonds. The van der Waals surface area contributed by atoms with Crippen LogP contribution in [0.4, 0.5) is 0 Å². The number of pyridine rings is 1. The molecule has 0 fully saturated rings. The first-order valence-corrected chi connectivity index (χ1v) is 4.25. The molecule has 1 heteroatoms. The van der Waals surface area contributed by atoms with Gasteiger partial charge in [-0.05, 0) is 24.5 Å². The van der Waals surface area contributed by atoms with E-state index in [-0.39, 0.29) is 0 Å². The van der Waals surface area contributed by atoms with Gasteiger partial charge >= 0.3 is 0 Å². The van der Waals surface area contributed by atoms with E-state index in [1.807, 2.05) is 18.2 Å². The second-order valence-electron chi connectivity index (χ2n) is 2.79. The quantitative estimate of drug-likeness (QED) is 0.574. The van der Waals surface area contributed by atoms with Crippen LogP contribution in [0, 0.1) is 17.8 Å². The van der Waals surface area contributed by atoms with Crippen LogP contribution >= 0.6 is 0 Å². The second kappa shape index (κ2) is 4.56. The van der Waals surface area contributed by atoms with E-state index >= 15 is 0 Å². The van der Waals surface area contributed by atoms with Gasteiger partial charge in [0.2, 0.25) is 0 Å². The summed E-state index contributed by atoms with van der Waals surface area (Å²) in [5, 5.41) is 0. The van der Waals surface area contributed by atoms with Crippen LogP contribution in [0.25, 0.3) is 0 Å². The largest absolute Gasteiger partial charge is 0.248 e. The zero-order valence-corrected chi connectivity index (χ0v) is 7.54. The average Bonchev–Trinajstić information content (AvgIpc) is 2.16. The molecule has 0 saturated carbocycles. The van der Waals surface area contributed by atoms with Gasteiger partial charge in [-0.3, -0.25) is 0 Å². The number of aromatic nitrogens is 1. The Morgan fingerprint density at radius 1 is 1.50 bits per heavy atom. The lowest BCUT2D eigenvalue weighted by atomic mass is 10.1. The van der Waals surface area contributed by atoms with E-state index in [4.69, 9.17) is 0 Å². The predicted octanol–water partition coefficient (Wildman–Crippen LogP) is 2.48. The van der Waals surface area contributed by atoms with E-state index < -0.39 is 0 Å². The summed E-state index contributed by atoms with van der Waals surface area (Å²) in [6.45, 7) is 4.26. The zero-order valence-electron chi connectivity index (χ0n) is 7.54. The van der Waals surface area contributed by atoms with Crippen molar-refractivity contribution in [3.63, 3.8) is 0 Å². The van der Waals surface area contributed by atoms with Crippen molar-refractivity contribution in [1.82, 2.24) is 4.98 Å². The molecule has 1 aromatic rings. The van der Waals surface area contributed by atoms with Gasteiger partial charge in [0.05, 0.1) is 0 Å². The minimum atomic E-state index is 0.465. The van der Waals surface area contributed by atoms with E-state index in [1.165, 1.54) is 0 Å². The third-order valence-corrected chi connectivity index (χ3v) is 1.72. The maximum absolute atomic E-state index is 4.11. The summed E-state index contributed by atoms with van der Waals surface area (Å²) in [5.74, 6) is 6.64. The Morgan fingerprint density at radius 3 is 2.92 bits per heavy atom. The maximum Gasteiger partial charge on any atom is 0.113 e. The molecule has 62 valence electrons. The third kappa shape index (κ3) is 2.75. The monoisotopic (exact) mass is 159 g/mol. The first-order chi connectivity index (χ1) is 5.83. The summed E-state index contributed by atoms with van der Waals surface area (Å²) in [5.41, 5.74) is 0.859. The Labute approximate surface area is 73.8 Å². The van der Waals surface area contributed by atoms with Gasteiger partial charge in [-0.1, -0.05) is 25.8 Å². The highest BCUT2D eigenvalue weighted by Crippen LogP contribution is 1.98. The van der Waals surface area contributed by atoms with Gasteiger partial charge in [0.15, 0.2) is 0 Å². The molecule has 0 aromatic carbocycles. The first-order valence-electron chi connectivity index (χ1n) is 4.25. The minimum Gasteiger partial charge on any atom is -0.248 e. The van der Waals surface area contributed by atoms with Crippen LogP contribution in [0.15, 0.2) is 24.4 Å². The highest BCUT2D eigenvalue weighted by molar-refractivity contribution is 5.27. The van der Waals surface area contributed by atoms with E-state index in [0.717, 1.165) is 12.1 Å². The fourth-order valence-electron chi connectivity index (χ4n) is 0.736. The number of rotatable bonds is 1. The van der Waals surface area contributed by atoms with Crippen molar-refractivity contribution in [3.05, 3.63) is 30.1 Å². The third-order valence-electron chi connectivity index (χ3n) is 1.72. The van der Waals surface area contributed by atoms with Gasteiger partial charge in [-0.2, -0.15) is 0 Å². The van der Waals surface area contributed by atoms with Gasteiger partial charge in [0, 0.05) is 12.1 Å². The summed E-state index contributed by atoms with van der Waals surface area (Å²) >= 11 is 0. The van der Waals surface area contributed by atoms with Crippen molar-refractivity contribution < 1.29 is 0 Å². The standard InChI is InChI=1S/C11H13N/c1-3-10(2)7-8-11-6-4-5-9-12-11/h4-6,9-10H,3H2,1-2H3. The lowest BCUT2D eigenvalue weighted by Crippen LogP contribution is -1.86. The van der Waals surface area contributed by atoms with Crippen molar-refractivity contribution in [3.8, 4) is 11.8 Å². The SMILES string of the molecule is CCC(C)C#Cc1ccccn1. The van der Waals surface area contributed by atoms with Gasteiger partial charge in [0.25, 0.3) is 0 Å². The van der Waals surface area contributed by atoms with E-state index in [0.29, 0.717) is 5.92 Å². The molecule has 12 heavy (non-hydrogen) atoms. The first kappa shape index (κ1) is 8.80. The summed E-state index contributed by atoms with van der Waals surface area (Å²) in [6, 6.07) is 5.78. The minimum absolute atomic E-state index is 0.465. The van der Waals surface area contributed by atoms with Crippen LogP contribution in [0.5, 0.6) is 0 Å². The molecular weight excluding hydrogens is 146 g/mol. The summed E-state index contributed by atoms with van der Waals surface area (Å²) < 4.78 is 0. The number of hydrogen-bond acceptors (Lipinski definition) is 1. The molecule has 0 bridgehead atoms. The molecular formula is C11H13N. The predicted molar refractivity (Wildman–Crippen MR) is 50.6 cm³/mol. The van der Waals surface area contributed by atoms with E-state index in [9.17, 15) is 0 Å². The molecule has 0 radical (unpaired) electrons. The second-order valence-corrected chi connectivity index (χ2v) is 2.79. The summed E-state index contributed by atoms with van der Waals surface area (Å²) in [7, 11) is 0. The molecule has 1 atom stereocenters. The fourth-order valence-corrected chi connectivity index (χ4v) is 0.736. The fraction of sp³-hybridized carbons (Fsp3) is 0.364. The van der Waals surface area contributed by atoms with Crippen LogP contribution in [-0.4, -0.2) is 4.98 Å². The Hall–Kier alpha value is -1.29. The van der Waals surface area contributed by atoms with Crippen molar-refractivity contribution in [2.24, 2.45) is 5.92 Å². The highest BCUT2D eigenvalue weighted by atomic mass is 14.6. The molecule has 0 aliphatic carbocycles. The maximum atomic E-state index is 4.11. The number of nitrogens with zero attached hydrogens (tertiary/aromatic N) is 1. The highest BCUT2D eigenvalue weighted by Gasteiger charge is 1.89. The molecule has 1 nitrogen and oxygen atoms in total. The Balaban J connectivity index is 2.67. The topological polar surface area (TPSA) is 12.9 Å². The van der Waals surface area contributed by atoms with Crippen LogP contribution < -0.4 is 0 Å². The number of hydrogen-bond donors (Lipinski definition) is 0. The van der Waals surface area contributed by atoms with Crippen molar-refractivity contribution in [1.29, 1.82) is 0 Å². The van der Waals surface area contributed by atoms with Crippen molar-refractivity contribution in [2.75, 3.05) is 0 Å². The van der Waals surface area contributed by atoms with Crippen LogP contribution in [0.2, 0.25) is 0 Å². The van der Waals surface area contributed by atoms with E-state index in [1.54, 1.807) is 6.20 Å². The lowest BCUT2D eigenvalue weighted by Gasteiger charge is -1.93. The molecule has 0 N–H and O–H groups in total. The lowest BCUT2D eigenvalue weighted by molar-refractivity contribution is 0.723. The van der Waals surface area contributed by atoms with Crippen LogP contribution in [-0.2, 0) is 0 Å². The molecule has 0 aliphatic rings. The van der Waals surface area contributed by atoms with Gasteiger partial charge in [0.1, 0.15) is 5.69 Å².